The van der Waals surface area contributed by atoms with Crippen LogP contribution in [0.3, 0.4) is 0 Å². The molecule has 0 radical (unpaired) electrons. The van der Waals surface area contributed by atoms with E-state index in [9.17, 15) is 4.57 Å². The molecule has 186 valence electrons. The summed E-state index contributed by atoms with van der Waals surface area (Å²) in [6.07, 6.45) is 2.06. The lowest BCUT2D eigenvalue weighted by molar-refractivity contribution is 0.376. The number of ether oxygens (including phenoxy) is 1. The molecule has 35 heavy (non-hydrogen) atoms. The molecule has 0 unspecified atom stereocenters. The SMILES string of the molecule is CCCCP1(=O)Oc2c(C)cc(C)cc2CN(c2ccccc2OC)Cc2cc(C)cc(C)c2O1. The van der Waals surface area contributed by atoms with Crippen LogP contribution in [-0.2, 0) is 17.7 Å². The van der Waals surface area contributed by atoms with E-state index >= 15 is 0 Å². The maximum absolute atomic E-state index is 14.2. The van der Waals surface area contributed by atoms with E-state index in [0.29, 0.717) is 30.8 Å². The molecule has 1 heterocycles. The van der Waals surface area contributed by atoms with Crippen molar-refractivity contribution in [2.75, 3.05) is 18.2 Å². The Bertz CT molecular complexity index is 1200. The van der Waals surface area contributed by atoms with E-state index in [-0.39, 0.29) is 0 Å². The molecule has 1 aliphatic heterocycles. The highest BCUT2D eigenvalue weighted by atomic mass is 31.2. The molecule has 1 aliphatic rings. The zero-order chi connectivity index (χ0) is 25.2. The minimum Gasteiger partial charge on any atom is -0.495 e. The first-order chi connectivity index (χ1) is 16.7. The fraction of sp³-hybridized carbons (Fsp3) is 0.379. The molecule has 0 fully saturated rings. The lowest BCUT2D eigenvalue weighted by Crippen LogP contribution is -2.25. The summed E-state index contributed by atoms with van der Waals surface area (Å²) in [4.78, 5) is 2.28. The predicted molar refractivity (Wildman–Crippen MR) is 143 cm³/mol. The molecule has 0 aliphatic carbocycles. The molecule has 0 atom stereocenters. The highest BCUT2D eigenvalue weighted by molar-refractivity contribution is 7.54. The molecule has 5 nitrogen and oxygen atoms in total. The molecule has 0 saturated heterocycles. The van der Waals surface area contributed by atoms with E-state index in [1.54, 1.807) is 7.11 Å². The number of para-hydroxylation sites is 2. The van der Waals surface area contributed by atoms with Crippen molar-refractivity contribution in [1.29, 1.82) is 0 Å². The second-order valence-corrected chi connectivity index (χ2v) is 11.6. The van der Waals surface area contributed by atoms with Crippen molar-refractivity contribution >= 4 is 13.3 Å². The van der Waals surface area contributed by atoms with Gasteiger partial charge < -0.3 is 18.7 Å². The van der Waals surface area contributed by atoms with Gasteiger partial charge in [0.05, 0.1) is 19.0 Å². The quantitative estimate of drug-likeness (QED) is 0.338. The average molecular weight is 494 g/mol. The Balaban J connectivity index is 1.94. The van der Waals surface area contributed by atoms with Gasteiger partial charge in [-0.3, -0.25) is 0 Å². The number of hydrogen-bond donors (Lipinski definition) is 0. The van der Waals surface area contributed by atoms with Gasteiger partial charge in [0, 0.05) is 24.2 Å². The Morgan fingerprint density at radius 1 is 0.886 bits per heavy atom. The number of methoxy groups -OCH3 is 1. The van der Waals surface area contributed by atoms with Crippen molar-refractivity contribution in [2.45, 2.75) is 60.5 Å². The van der Waals surface area contributed by atoms with Gasteiger partial charge in [0.2, 0.25) is 0 Å². The Labute approximate surface area is 209 Å². The number of aryl methyl sites for hydroxylation is 4. The number of anilines is 1. The van der Waals surface area contributed by atoms with E-state index in [0.717, 1.165) is 57.7 Å². The summed E-state index contributed by atoms with van der Waals surface area (Å²) in [5.41, 5.74) is 7.16. The third-order valence-corrected chi connectivity index (χ3v) is 8.17. The van der Waals surface area contributed by atoms with Crippen LogP contribution < -0.4 is 18.7 Å². The van der Waals surface area contributed by atoms with Crippen LogP contribution in [-0.4, -0.2) is 13.3 Å². The van der Waals surface area contributed by atoms with E-state index < -0.39 is 7.60 Å². The van der Waals surface area contributed by atoms with Gasteiger partial charge in [-0.05, 0) is 57.4 Å². The van der Waals surface area contributed by atoms with Crippen molar-refractivity contribution in [3.63, 3.8) is 0 Å². The summed E-state index contributed by atoms with van der Waals surface area (Å²) in [5, 5.41) is 0. The third kappa shape index (κ3) is 5.51. The predicted octanol–water partition coefficient (Wildman–Crippen LogP) is 7.90. The van der Waals surface area contributed by atoms with Gasteiger partial charge in [0.25, 0.3) is 0 Å². The van der Waals surface area contributed by atoms with Crippen LogP contribution in [0, 0.1) is 27.7 Å². The van der Waals surface area contributed by atoms with Gasteiger partial charge in [-0.1, -0.05) is 60.9 Å². The first kappa shape index (κ1) is 25.2. The fourth-order valence-corrected chi connectivity index (χ4v) is 6.85. The standard InChI is InChI=1S/C29H36NO4P/c1-7-8-13-35(31)33-28-22(4)14-20(2)16-24(28)18-30(26-11-9-10-12-27(26)32-6)19-25-17-21(3)15-23(5)29(25)34-35/h9-12,14-17H,7-8,13,18-19H2,1-6H3. The molecule has 3 aromatic carbocycles. The van der Waals surface area contributed by atoms with E-state index in [2.05, 4.69) is 56.0 Å². The molecular weight excluding hydrogens is 457 g/mol. The highest BCUT2D eigenvalue weighted by Crippen LogP contribution is 2.53. The fourth-order valence-electron chi connectivity index (χ4n) is 4.85. The monoisotopic (exact) mass is 493 g/mol. The van der Waals surface area contributed by atoms with Crippen LogP contribution in [0.1, 0.15) is 53.1 Å². The van der Waals surface area contributed by atoms with E-state index in [1.165, 1.54) is 0 Å². The first-order valence-corrected chi connectivity index (χ1v) is 14.0. The van der Waals surface area contributed by atoms with Crippen molar-refractivity contribution in [3.05, 3.63) is 81.9 Å². The van der Waals surface area contributed by atoms with Crippen LogP contribution in [0.2, 0.25) is 0 Å². The number of fused-ring (bicyclic) bond motifs is 2. The van der Waals surface area contributed by atoms with Crippen LogP contribution in [0.4, 0.5) is 5.69 Å². The summed E-state index contributed by atoms with van der Waals surface area (Å²) in [5.74, 6) is 2.11. The molecular formula is C29H36NO4P. The van der Waals surface area contributed by atoms with Crippen LogP contribution in [0.25, 0.3) is 0 Å². The Hall–Kier alpha value is -2.91. The molecule has 6 heteroatoms. The highest BCUT2D eigenvalue weighted by Gasteiger charge is 2.33. The van der Waals surface area contributed by atoms with Crippen LogP contribution in [0.5, 0.6) is 17.2 Å². The van der Waals surface area contributed by atoms with Crippen molar-refractivity contribution in [3.8, 4) is 17.2 Å². The normalized spacial score (nSPS) is 14.9. The first-order valence-electron chi connectivity index (χ1n) is 12.3. The number of unbranched alkanes of at least 4 members (excludes halogenated alkanes) is 1. The molecule has 0 spiro atoms. The Kier molecular flexibility index (Phi) is 7.47. The van der Waals surface area contributed by atoms with Gasteiger partial charge >= 0.3 is 7.60 Å². The van der Waals surface area contributed by atoms with E-state index in [1.807, 2.05) is 32.0 Å². The Morgan fingerprint density at radius 2 is 1.43 bits per heavy atom. The average Bonchev–Trinajstić information content (AvgIpc) is 2.81. The zero-order valence-corrected chi connectivity index (χ0v) is 22.6. The second kappa shape index (κ2) is 10.4. The third-order valence-electron chi connectivity index (χ3n) is 6.39. The number of nitrogens with zero attached hydrogens (tertiary/aromatic N) is 1. The minimum absolute atomic E-state index is 0.374. The molecule has 0 bridgehead atoms. The largest absolute Gasteiger partial charge is 0.495 e. The minimum atomic E-state index is -3.45. The van der Waals surface area contributed by atoms with Crippen LogP contribution in [0.15, 0.2) is 48.5 Å². The molecule has 3 aromatic rings. The number of rotatable bonds is 5. The summed E-state index contributed by atoms with van der Waals surface area (Å²) in [7, 11) is -1.75. The van der Waals surface area contributed by atoms with E-state index in [4.69, 9.17) is 13.8 Å². The molecule has 0 aromatic heterocycles. The van der Waals surface area contributed by atoms with Gasteiger partial charge in [-0.25, -0.2) is 4.57 Å². The number of hydrogen-bond acceptors (Lipinski definition) is 5. The molecule has 4 rings (SSSR count). The summed E-state index contributed by atoms with van der Waals surface area (Å²) in [6, 6.07) is 16.4. The van der Waals surface area contributed by atoms with Crippen molar-refractivity contribution in [1.82, 2.24) is 0 Å². The van der Waals surface area contributed by atoms with Gasteiger partial charge in [0.1, 0.15) is 17.2 Å². The van der Waals surface area contributed by atoms with Gasteiger partial charge in [0.15, 0.2) is 0 Å². The smallest absolute Gasteiger partial charge is 0.430 e. The summed E-state index contributed by atoms with van der Waals surface area (Å²) >= 11 is 0. The molecule has 0 N–H and O–H groups in total. The maximum Gasteiger partial charge on any atom is 0.430 e. The maximum atomic E-state index is 14.2. The van der Waals surface area contributed by atoms with Gasteiger partial charge in [-0.2, -0.15) is 0 Å². The van der Waals surface area contributed by atoms with Crippen molar-refractivity contribution < 1.29 is 18.3 Å². The summed E-state index contributed by atoms with van der Waals surface area (Å²) < 4.78 is 32.7. The lowest BCUT2D eigenvalue weighted by atomic mass is 10.0. The Morgan fingerprint density at radius 3 is 1.94 bits per heavy atom. The topological polar surface area (TPSA) is 48.0 Å². The number of benzene rings is 3. The molecule has 0 saturated carbocycles. The van der Waals surface area contributed by atoms with Crippen molar-refractivity contribution in [2.24, 2.45) is 0 Å². The second-order valence-electron chi connectivity index (χ2n) is 9.54. The zero-order valence-electron chi connectivity index (χ0n) is 21.7. The lowest BCUT2D eigenvalue weighted by Gasteiger charge is -2.32. The summed E-state index contributed by atoms with van der Waals surface area (Å²) in [6.45, 7) is 11.4. The van der Waals surface area contributed by atoms with Crippen LogP contribution >= 0.6 is 7.60 Å². The molecule has 0 amide bonds. The van der Waals surface area contributed by atoms with Gasteiger partial charge in [-0.15, -0.1) is 0 Å².